The Hall–Kier alpha value is -6.90. The van der Waals surface area contributed by atoms with Crippen LogP contribution in [-0.2, 0) is 5.41 Å². The van der Waals surface area contributed by atoms with Gasteiger partial charge in [-0.25, -0.2) is 9.97 Å². The SMILES string of the molecule is CC1(C)c2ccccc2-c2c(-c3ccc(-c4cc(-c5ccc(-c6ccccc6)cc5)nc(-c5ccc(-c6ccccc6)cc5)n4)cc3)cc3ccccc3c21. The van der Waals surface area contributed by atoms with Gasteiger partial charge in [-0.2, -0.15) is 0 Å². The van der Waals surface area contributed by atoms with Gasteiger partial charge in [0, 0.05) is 22.1 Å². The summed E-state index contributed by atoms with van der Waals surface area (Å²) in [5.41, 5.74) is 17.4. The molecule has 0 saturated carbocycles. The van der Waals surface area contributed by atoms with Crippen molar-refractivity contribution in [1.82, 2.24) is 9.97 Å². The van der Waals surface area contributed by atoms with Crippen molar-refractivity contribution in [3.05, 3.63) is 205 Å². The maximum absolute atomic E-state index is 5.21. The highest BCUT2D eigenvalue weighted by atomic mass is 14.9. The van der Waals surface area contributed by atoms with E-state index in [1.54, 1.807) is 0 Å². The zero-order valence-corrected chi connectivity index (χ0v) is 30.9. The fraction of sp³-hybridized carbons (Fsp3) is 0.0566. The largest absolute Gasteiger partial charge is 0.228 e. The summed E-state index contributed by atoms with van der Waals surface area (Å²) in [6.07, 6.45) is 0. The number of hydrogen-bond donors (Lipinski definition) is 0. The third-order valence-electron chi connectivity index (χ3n) is 11.3. The predicted molar refractivity (Wildman–Crippen MR) is 230 cm³/mol. The van der Waals surface area contributed by atoms with Crippen LogP contribution in [0, 0.1) is 0 Å². The van der Waals surface area contributed by atoms with Crippen LogP contribution >= 0.6 is 0 Å². The van der Waals surface area contributed by atoms with E-state index >= 15 is 0 Å². The summed E-state index contributed by atoms with van der Waals surface area (Å²) in [7, 11) is 0. The van der Waals surface area contributed by atoms with Gasteiger partial charge in [0.2, 0.25) is 0 Å². The van der Waals surface area contributed by atoms with E-state index in [1.165, 1.54) is 66.4 Å². The minimum absolute atomic E-state index is 0.103. The first kappa shape index (κ1) is 32.7. The van der Waals surface area contributed by atoms with Crippen molar-refractivity contribution in [3.63, 3.8) is 0 Å². The number of rotatable bonds is 6. The van der Waals surface area contributed by atoms with Crippen molar-refractivity contribution in [2.24, 2.45) is 0 Å². The lowest BCUT2D eigenvalue weighted by molar-refractivity contribution is 0.666. The highest BCUT2D eigenvalue weighted by molar-refractivity contribution is 6.04. The molecule has 10 rings (SSSR count). The third-order valence-corrected chi connectivity index (χ3v) is 11.3. The first-order chi connectivity index (χ1) is 27.0. The molecular weight excluding hydrogens is 665 g/mol. The van der Waals surface area contributed by atoms with Crippen molar-refractivity contribution in [1.29, 1.82) is 0 Å². The van der Waals surface area contributed by atoms with Gasteiger partial charge >= 0.3 is 0 Å². The molecule has 1 aromatic heterocycles. The molecule has 2 nitrogen and oxygen atoms in total. The normalized spacial score (nSPS) is 12.7. The van der Waals surface area contributed by atoms with Crippen LogP contribution in [-0.4, -0.2) is 9.97 Å². The zero-order chi connectivity index (χ0) is 36.9. The molecule has 1 heterocycles. The van der Waals surface area contributed by atoms with Crippen LogP contribution in [0.1, 0.15) is 25.0 Å². The highest BCUT2D eigenvalue weighted by Crippen LogP contribution is 2.54. The Labute approximate surface area is 322 Å². The second-order valence-electron chi connectivity index (χ2n) is 15.0. The molecule has 0 amide bonds. The molecule has 0 saturated heterocycles. The van der Waals surface area contributed by atoms with Crippen LogP contribution in [0.4, 0.5) is 0 Å². The first-order valence-electron chi connectivity index (χ1n) is 19.0. The number of nitrogens with zero attached hydrogens (tertiary/aromatic N) is 2. The lowest BCUT2D eigenvalue weighted by Crippen LogP contribution is -2.15. The summed E-state index contributed by atoms with van der Waals surface area (Å²) in [4.78, 5) is 10.4. The van der Waals surface area contributed by atoms with Gasteiger partial charge in [-0.15, -0.1) is 0 Å². The molecule has 1 aliphatic rings. The van der Waals surface area contributed by atoms with Gasteiger partial charge < -0.3 is 0 Å². The molecule has 0 spiro atoms. The van der Waals surface area contributed by atoms with Gasteiger partial charge in [0.15, 0.2) is 5.82 Å². The molecule has 0 unspecified atom stereocenters. The fourth-order valence-corrected chi connectivity index (χ4v) is 8.48. The lowest BCUT2D eigenvalue weighted by atomic mass is 9.79. The van der Waals surface area contributed by atoms with E-state index in [0.717, 1.165) is 28.1 Å². The molecular formula is C53H38N2. The second kappa shape index (κ2) is 13.2. The monoisotopic (exact) mass is 702 g/mol. The van der Waals surface area contributed by atoms with Gasteiger partial charge in [-0.1, -0.05) is 196 Å². The van der Waals surface area contributed by atoms with Crippen molar-refractivity contribution < 1.29 is 0 Å². The molecule has 1 aliphatic carbocycles. The summed E-state index contributed by atoms with van der Waals surface area (Å²) >= 11 is 0. The molecule has 2 heteroatoms. The van der Waals surface area contributed by atoms with Crippen LogP contribution in [0.25, 0.3) is 89.2 Å². The third kappa shape index (κ3) is 5.75. The number of fused-ring (bicyclic) bond motifs is 5. The van der Waals surface area contributed by atoms with Crippen molar-refractivity contribution >= 4 is 10.8 Å². The van der Waals surface area contributed by atoms with E-state index in [2.05, 4.69) is 202 Å². The van der Waals surface area contributed by atoms with Gasteiger partial charge in [0.25, 0.3) is 0 Å². The average molecular weight is 703 g/mol. The Morgan fingerprint density at radius 2 is 0.818 bits per heavy atom. The summed E-state index contributed by atoms with van der Waals surface area (Å²) in [5, 5.41) is 2.59. The van der Waals surface area contributed by atoms with Crippen molar-refractivity contribution in [3.8, 4) is 78.4 Å². The number of hydrogen-bond acceptors (Lipinski definition) is 2. The summed E-state index contributed by atoms with van der Waals surface area (Å²) < 4.78 is 0. The molecule has 0 radical (unpaired) electrons. The van der Waals surface area contributed by atoms with E-state index in [9.17, 15) is 0 Å². The zero-order valence-electron chi connectivity index (χ0n) is 30.9. The van der Waals surface area contributed by atoms with Gasteiger partial charge in [-0.3, -0.25) is 0 Å². The fourth-order valence-electron chi connectivity index (χ4n) is 8.48. The lowest BCUT2D eigenvalue weighted by Gasteiger charge is -2.24. The van der Waals surface area contributed by atoms with Gasteiger partial charge in [0.1, 0.15) is 0 Å². The Bertz CT molecular complexity index is 2730. The maximum atomic E-state index is 5.21. The van der Waals surface area contributed by atoms with E-state index in [-0.39, 0.29) is 5.41 Å². The molecule has 0 N–H and O–H groups in total. The van der Waals surface area contributed by atoms with Gasteiger partial charge in [-0.05, 0) is 78.5 Å². The van der Waals surface area contributed by atoms with E-state index in [0.29, 0.717) is 5.82 Å². The minimum Gasteiger partial charge on any atom is -0.228 e. The summed E-state index contributed by atoms with van der Waals surface area (Å²) in [5.74, 6) is 0.703. The van der Waals surface area contributed by atoms with Crippen LogP contribution in [0.2, 0.25) is 0 Å². The van der Waals surface area contributed by atoms with Crippen LogP contribution in [0.3, 0.4) is 0 Å². The van der Waals surface area contributed by atoms with Crippen LogP contribution in [0.15, 0.2) is 194 Å². The molecule has 260 valence electrons. The molecule has 8 aromatic carbocycles. The summed E-state index contributed by atoms with van der Waals surface area (Å²) in [6.45, 7) is 4.73. The topological polar surface area (TPSA) is 25.8 Å². The molecule has 0 fully saturated rings. The summed E-state index contributed by atoms with van der Waals surface area (Å²) in [6, 6.07) is 69.4. The minimum atomic E-state index is -0.103. The smallest absolute Gasteiger partial charge is 0.160 e. The second-order valence-corrected chi connectivity index (χ2v) is 15.0. The molecule has 0 atom stereocenters. The number of benzene rings is 8. The quantitative estimate of drug-likeness (QED) is 0.172. The Balaban J connectivity index is 1.08. The molecule has 0 bridgehead atoms. The van der Waals surface area contributed by atoms with Crippen molar-refractivity contribution in [2.45, 2.75) is 19.3 Å². The highest BCUT2D eigenvalue weighted by Gasteiger charge is 2.38. The van der Waals surface area contributed by atoms with Crippen LogP contribution in [0.5, 0.6) is 0 Å². The molecule has 55 heavy (non-hydrogen) atoms. The number of aromatic nitrogens is 2. The van der Waals surface area contributed by atoms with Crippen molar-refractivity contribution in [2.75, 3.05) is 0 Å². The van der Waals surface area contributed by atoms with Crippen LogP contribution < -0.4 is 0 Å². The maximum Gasteiger partial charge on any atom is 0.160 e. The Kier molecular flexibility index (Phi) is 7.85. The standard InChI is InChI=1S/C53H38N2/c1-53(2)47-20-12-11-19-45(47)50-46(33-43-17-9-10-18-44(43)51(50)53)39-25-29-41(30-26-39)49-34-48(40-27-21-37(22-28-40)35-13-5-3-6-14-35)54-52(55-49)42-31-23-38(24-32-42)36-15-7-4-8-16-36/h3-34H,1-2H3. The van der Waals surface area contributed by atoms with E-state index < -0.39 is 0 Å². The first-order valence-corrected chi connectivity index (χ1v) is 19.0. The van der Waals surface area contributed by atoms with Gasteiger partial charge in [0.05, 0.1) is 11.4 Å². The Morgan fingerprint density at radius 1 is 0.364 bits per heavy atom. The molecule has 0 aliphatic heterocycles. The van der Waals surface area contributed by atoms with E-state index in [1.807, 2.05) is 6.07 Å². The predicted octanol–water partition coefficient (Wildman–Crippen LogP) is 13.9. The Morgan fingerprint density at radius 3 is 1.42 bits per heavy atom. The average Bonchev–Trinajstić information content (AvgIpc) is 3.50. The van der Waals surface area contributed by atoms with E-state index in [4.69, 9.17) is 9.97 Å². The molecule has 9 aromatic rings.